The fraction of sp³-hybridized carbons (Fsp3) is 0.240. The fourth-order valence-corrected chi connectivity index (χ4v) is 5.78. The van der Waals surface area contributed by atoms with E-state index in [-0.39, 0.29) is 10.8 Å². The molecule has 0 saturated carbocycles. The van der Waals surface area contributed by atoms with E-state index < -0.39 is 10.0 Å². The van der Waals surface area contributed by atoms with Crippen LogP contribution >= 0.6 is 11.8 Å². The molecule has 5 rings (SSSR count). The number of benzene rings is 2. The van der Waals surface area contributed by atoms with Gasteiger partial charge in [-0.25, -0.2) is 17.4 Å². The van der Waals surface area contributed by atoms with E-state index >= 15 is 0 Å². The highest BCUT2D eigenvalue weighted by Gasteiger charge is 2.28. The Morgan fingerprint density at radius 3 is 2.53 bits per heavy atom. The van der Waals surface area contributed by atoms with Gasteiger partial charge in [-0.05, 0) is 42.1 Å². The van der Waals surface area contributed by atoms with E-state index in [1.807, 2.05) is 42.6 Å². The minimum absolute atomic E-state index is 0.169. The second kappa shape index (κ2) is 10.0. The van der Waals surface area contributed by atoms with Gasteiger partial charge in [0.1, 0.15) is 5.69 Å². The van der Waals surface area contributed by atoms with Crippen LogP contribution in [0.3, 0.4) is 0 Å². The lowest BCUT2D eigenvalue weighted by atomic mass is 10.1. The van der Waals surface area contributed by atoms with Crippen molar-refractivity contribution in [2.75, 3.05) is 40.4 Å². The Kier molecular flexibility index (Phi) is 6.80. The molecule has 0 atom stereocenters. The average Bonchev–Trinajstić information content (AvgIpc) is 3.49. The Morgan fingerprint density at radius 1 is 1.06 bits per heavy atom. The summed E-state index contributed by atoms with van der Waals surface area (Å²) in [6, 6.07) is 16.3. The summed E-state index contributed by atoms with van der Waals surface area (Å²) in [5, 5.41) is 5.45. The SMILES string of the molecule is CN(C)S(=O)(=O)c1cccc(-c2nn(-c3ccccc3)cc2/C=C2\SC(N3CCOCC3)=NC2=O)c1. The lowest BCUT2D eigenvalue weighted by Gasteiger charge is -2.27. The summed E-state index contributed by atoms with van der Waals surface area (Å²) in [5.74, 6) is -0.302. The molecule has 3 aromatic rings. The minimum Gasteiger partial charge on any atom is -0.378 e. The van der Waals surface area contributed by atoms with Crippen LogP contribution in [0.15, 0.2) is 75.6 Å². The molecule has 1 fully saturated rings. The number of hydrogen-bond donors (Lipinski definition) is 0. The summed E-state index contributed by atoms with van der Waals surface area (Å²) in [4.78, 5) is 19.7. The number of rotatable bonds is 5. The first-order chi connectivity index (χ1) is 17.3. The number of sulfonamides is 1. The molecule has 36 heavy (non-hydrogen) atoms. The van der Waals surface area contributed by atoms with Gasteiger partial charge in [-0.2, -0.15) is 10.1 Å². The number of amides is 1. The Balaban J connectivity index is 1.56. The highest BCUT2D eigenvalue weighted by atomic mass is 32.2. The van der Waals surface area contributed by atoms with Crippen molar-refractivity contribution in [2.24, 2.45) is 4.99 Å². The molecule has 2 aromatic carbocycles. The van der Waals surface area contributed by atoms with Gasteiger partial charge in [-0.3, -0.25) is 4.79 Å². The number of carbonyl (C=O) groups excluding carboxylic acids is 1. The van der Waals surface area contributed by atoms with Gasteiger partial charge in [-0.15, -0.1) is 0 Å². The number of amidine groups is 1. The summed E-state index contributed by atoms with van der Waals surface area (Å²) in [7, 11) is -0.631. The molecule has 0 unspecified atom stereocenters. The van der Waals surface area contributed by atoms with E-state index in [4.69, 9.17) is 9.84 Å². The van der Waals surface area contributed by atoms with Gasteiger partial charge in [0.25, 0.3) is 5.91 Å². The maximum atomic E-state index is 12.8. The zero-order chi connectivity index (χ0) is 25.3. The molecule has 2 aliphatic heterocycles. The topological polar surface area (TPSA) is 97.1 Å². The minimum atomic E-state index is -3.63. The lowest BCUT2D eigenvalue weighted by Crippen LogP contribution is -2.38. The van der Waals surface area contributed by atoms with E-state index in [0.29, 0.717) is 53.2 Å². The van der Waals surface area contributed by atoms with Crippen molar-refractivity contribution in [1.29, 1.82) is 0 Å². The normalized spacial score (nSPS) is 17.8. The predicted octanol–water partition coefficient (Wildman–Crippen LogP) is 3.09. The van der Waals surface area contributed by atoms with E-state index in [1.54, 1.807) is 29.0 Å². The second-order valence-corrected chi connectivity index (χ2v) is 11.6. The molecule has 0 N–H and O–H groups in total. The third-order valence-corrected chi connectivity index (χ3v) is 8.68. The van der Waals surface area contributed by atoms with Gasteiger partial charge in [-0.1, -0.05) is 30.3 Å². The Hall–Kier alpha value is -3.25. The maximum Gasteiger partial charge on any atom is 0.286 e. The first kappa shape index (κ1) is 24.4. The van der Waals surface area contributed by atoms with Crippen LogP contribution in [0, 0.1) is 0 Å². The largest absolute Gasteiger partial charge is 0.378 e. The Morgan fingerprint density at radius 2 is 1.81 bits per heavy atom. The third-order valence-electron chi connectivity index (χ3n) is 5.83. The van der Waals surface area contributed by atoms with Gasteiger partial charge < -0.3 is 9.64 Å². The highest BCUT2D eigenvalue weighted by molar-refractivity contribution is 8.18. The van der Waals surface area contributed by atoms with Crippen LogP contribution in [-0.4, -0.2) is 78.9 Å². The molecular weight excluding hydrogens is 498 g/mol. The first-order valence-corrected chi connectivity index (χ1v) is 13.6. The smallest absolute Gasteiger partial charge is 0.286 e. The van der Waals surface area contributed by atoms with Crippen molar-refractivity contribution in [3.05, 3.63) is 71.3 Å². The molecule has 0 radical (unpaired) electrons. The predicted molar refractivity (Wildman–Crippen MR) is 140 cm³/mol. The molecule has 1 amide bonds. The third kappa shape index (κ3) is 4.87. The molecular formula is C25H25N5O4S2. The van der Waals surface area contributed by atoms with Crippen LogP contribution in [0.2, 0.25) is 0 Å². The van der Waals surface area contributed by atoms with Gasteiger partial charge in [0.15, 0.2) is 5.17 Å². The molecule has 11 heteroatoms. The number of nitrogens with zero attached hydrogens (tertiary/aromatic N) is 5. The number of carbonyl (C=O) groups is 1. The fourth-order valence-electron chi connectivity index (χ4n) is 3.87. The quantitative estimate of drug-likeness (QED) is 0.474. The van der Waals surface area contributed by atoms with Gasteiger partial charge >= 0.3 is 0 Å². The Bertz CT molecular complexity index is 1460. The van der Waals surface area contributed by atoms with Crippen LogP contribution in [0.4, 0.5) is 0 Å². The number of thioether (sulfide) groups is 1. The zero-order valence-corrected chi connectivity index (χ0v) is 21.5. The molecule has 9 nitrogen and oxygen atoms in total. The summed E-state index contributed by atoms with van der Waals surface area (Å²) >= 11 is 1.33. The second-order valence-electron chi connectivity index (χ2n) is 8.44. The van der Waals surface area contributed by atoms with Crippen molar-refractivity contribution in [1.82, 2.24) is 19.0 Å². The van der Waals surface area contributed by atoms with E-state index in [9.17, 15) is 13.2 Å². The summed E-state index contributed by atoms with van der Waals surface area (Å²) in [6.45, 7) is 2.59. The van der Waals surface area contributed by atoms with Crippen LogP contribution in [0.5, 0.6) is 0 Å². The number of ether oxygens (including phenoxy) is 1. The van der Waals surface area contributed by atoms with E-state index in [1.165, 1.54) is 30.2 Å². The summed E-state index contributed by atoms with van der Waals surface area (Å²) < 4.78 is 33.8. The number of aliphatic imine (C=N–C) groups is 1. The van der Waals surface area contributed by atoms with E-state index in [2.05, 4.69) is 9.89 Å². The molecule has 0 bridgehead atoms. The molecule has 0 spiro atoms. The molecule has 1 aromatic heterocycles. The highest BCUT2D eigenvalue weighted by Crippen LogP contribution is 2.34. The van der Waals surface area contributed by atoms with Crippen LogP contribution in [-0.2, 0) is 19.6 Å². The molecule has 2 aliphatic rings. The van der Waals surface area contributed by atoms with E-state index in [0.717, 1.165) is 5.69 Å². The van der Waals surface area contributed by atoms with Gasteiger partial charge in [0.05, 0.1) is 28.7 Å². The van der Waals surface area contributed by atoms with Gasteiger partial charge in [0, 0.05) is 44.5 Å². The monoisotopic (exact) mass is 523 g/mol. The first-order valence-electron chi connectivity index (χ1n) is 11.4. The standard InChI is InChI=1S/C25H25N5O4S2/c1-28(2)36(32,33)21-10-6-7-18(15-21)23-19(17-30(27-23)20-8-4-3-5-9-20)16-22-24(31)26-25(35-22)29-11-13-34-14-12-29/h3-10,15-17H,11-14H2,1-2H3/b22-16-. The number of aromatic nitrogens is 2. The van der Waals surface area contributed by atoms with Crippen LogP contribution < -0.4 is 0 Å². The Labute approximate surface area is 214 Å². The zero-order valence-electron chi connectivity index (χ0n) is 19.9. The maximum absolute atomic E-state index is 12.8. The average molecular weight is 524 g/mol. The van der Waals surface area contributed by atoms with Crippen LogP contribution in [0.25, 0.3) is 23.0 Å². The lowest BCUT2D eigenvalue weighted by molar-refractivity contribution is -0.113. The van der Waals surface area contributed by atoms with Crippen molar-refractivity contribution in [3.8, 4) is 16.9 Å². The number of morpholine rings is 1. The molecule has 1 saturated heterocycles. The summed E-state index contributed by atoms with van der Waals surface area (Å²) in [6.07, 6.45) is 3.62. The number of hydrogen-bond acceptors (Lipinski definition) is 7. The summed E-state index contributed by atoms with van der Waals surface area (Å²) in [5.41, 5.74) is 2.73. The van der Waals surface area contributed by atoms with Crippen LogP contribution in [0.1, 0.15) is 5.56 Å². The number of para-hydroxylation sites is 1. The van der Waals surface area contributed by atoms with Crippen molar-refractivity contribution >= 4 is 38.9 Å². The molecule has 186 valence electrons. The molecule has 3 heterocycles. The van der Waals surface area contributed by atoms with Crippen molar-refractivity contribution in [3.63, 3.8) is 0 Å². The molecule has 0 aliphatic carbocycles. The van der Waals surface area contributed by atoms with Gasteiger partial charge in [0.2, 0.25) is 10.0 Å². The van der Waals surface area contributed by atoms with Crippen molar-refractivity contribution < 1.29 is 17.9 Å². The van der Waals surface area contributed by atoms with Crippen molar-refractivity contribution in [2.45, 2.75) is 4.90 Å².